The van der Waals surface area contributed by atoms with Gasteiger partial charge in [-0.3, -0.25) is 0 Å². The van der Waals surface area contributed by atoms with Gasteiger partial charge in [-0.1, -0.05) is 12.1 Å². The fraction of sp³-hybridized carbons (Fsp3) is 0.611. The van der Waals surface area contributed by atoms with Crippen molar-refractivity contribution in [1.82, 2.24) is 4.90 Å². The first-order valence-corrected chi connectivity index (χ1v) is 8.23. The first-order chi connectivity index (χ1) is 10.7. The number of fused-ring (bicyclic) bond motifs is 1. The lowest BCUT2D eigenvalue weighted by molar-refractivity contribution is 0.00792. The Morgan fingerprint density at radius 1 is 1.35 bits per heavy atom. The van der Waals surface area contributed by atoms with E-state index in [4.69, 9.17) is 10.5 Å². The van der Waals surface area contributed by atoms with E-state index in [1.54, 1.807) is 11.0 Å². The number of nitrogens with two attached hydrogens (primary N) is 1. The fourth-order valence-corrected chi connectivity index (χ4v) is 3.79. The van der Waals surface area contributed by atoms with Crippen LogP contribution in [-0.4, -0.2) is 29.7 Å². The van der Waals surface area contributed by atoms with Crippen LogP contribution in [0.3, 0.4) is 0 Å². The summed E-state index contributed by atoms with van der Waals surface area (Å²) in [6.07, 6.45) is 1.95. The van der Waals surface area contributed by atoms with Crippen LogP contribution in [0.5, 0.6) is 0 Å². The predicted molar refractivity (Wildman–Crippen MR) is 86.5 cm³/mol. The lowest BCUT2D eigenvalue weighted by atomic mass is 9.73. The number of carbonyl (C=O) groups excluding carboxylic acids is 1. The minimum atomic E-state index is -0.491. The van der Waals surface area contributed by atoms with Crippen LogP contribution in [-0.2, 0) is 11.2 Å². The molecule has 0 bridgehead atoms. The lowest BCUT2D eigenvalue weighted by Gasteiger charge is -2.42. The summed E-state index contributed by atoms with van der Waals surface area (Å²) in [6.45, 7) is 6.81. The molecule has 1 fully saturated rings. The molecule has 2 aliphatic rings. The maximum atomic E-state index is 14.1. The van der Waals surface area contributed by atoms with Crippen LogP contribution >= 0.6 is 0 Å². The minimum absolute atomic E-state index is 0.136. The number of rotatable bonds is 0. The van der Waals surface area contributed by atoms with Gasteiger partial charge in [0.05, 0.1) is 0 Å². The molecular weight excluding hydrogens is 295 g/mol. The molecular formula is C18H25FN2O2. The molecule has 23 heavy (non-hydrogen) atoms. The topological polar surface area (TPSA) is 55.6 Å². The monoisotopic (exact) mass is 320 g/mol. The van der Waals surface area contributed by atoms with Gasteiger partial charge in [-0.15, -0.1) is 0 Å². The summed E-state index contributed by atoms with van der Waals surface area (Å²) in [7, 11) is 0. The largest absolute Gasteiger partial charge is 0.444 e. The Morgan fingerprint density at radius 2 is 2.00 bits per heavy atom. The van der Waals surface area contributed by atoms with Crippen molar-refractivity contribution in [2.75, 3.05) is 13.1 Å². The standard InChI is InChI=1S/C18H25FN2O2/c1-17(2,3)23-16(22)21-9-7-18(8-10-21)11-13-12(15(18)20)5-4-6-14(13)19/h4-6,15H,7-11,20H2,1-3H3/t15-/m0/s1. The van der Waals surface area contributed by atoms with E-state index < -0.39 is 5.60 Å². The van der Waals surface area contributed by atoms with E-state index in [0.29, 0.717) is 19.5 Å². The molecule has 3 rings (SSSR count). The van der Waals surface area contributed by atoms with Gasteiger partial charge in [-0.25, -0.2) is 9.18 Å². The summed E-state index contributed by atoms with van der Waals surface area (Å²) in [4.78, 5) is 13.9. The molecule has 1 saturated heterocycles. The van der Waals surface area contributed by atoms with E-state index in [1.165, 1.54) is 6.07 Å². The molecule has 1 atom stereocenters. The van der Waals surface area contributed by atoms with E-state index >= 15 is 0 Å². The Morgan fingerprint density at radius 3 is 2.57 bits per heavy atom. The maximum Gasteiger partial charge on any atom is 0.410 e. The number of benzene rings is 1. The number of hydrogen-bond donors (Lipinski definition) is 1. The summed E-state index contributed by atoms with van der Waals surface area (Å²) < 4.78 is 19.5. The Hall–Kier alpha value is -1.62. The molecule has 0 radical (unpaired) electrons. The summed E-state index contributed by atoms with van der Waals surface area (Å²) >= 11 is 0. The molecule has 1 aromatic carbocycles. The second-order valence-electron chi connectivity index (χ2n) is 7.79. The quantitative estimate of drug-likeness (QED) is 0.797. The zero-order valence-corrected chi connectivity index (χ0v) is 14.1. The Bertz CT molecular complexity index is 616. The van der Waals surface area contributed by atoms with E-state index in [-0.39, 0.29) is 23.4 Å². The van der Waals surface area contributed by atoms with Crippen molar-refractivity contribution < 1.29 is 13.9 Å². The number of nitrogens with zero attached hydrogens (tertiary/aromatic N) is 1. The molecule has 1 amide bonds. The summed E-state index contributed by atoms with van der Waals surface area (Å²) in [6, 6.07) is 5.00. The zero-order valence-electron chi connectivity index (χ0n) is 14.1. The molecule has 1 heterocycles. The second-order valence-corrected chi connectivity index (χ2v) is 7.79. The van der Waals surface area contributed by atoms with Crippen LogP contribution in [0.4, 0.5) is 9.18 Å². The molecule has 126 valence electrons. The van der Waals surface area contributed by atoms with Crippen molar-refractivity contribution in [2.45, 2.75) is 51.7 Å². The Balaban J connectivity index is 1.70. The van der Waals surface area contributed by atoms with E-state index in [1.807, 2.05) is 26.8 Å². The molecule has 0 aromatic heterocycles. The van der Waals surface area contributed by atoms with Gasteiger partial charge in [-0.05, 0) is 62.6 Å². The van der Waals surface area contributed by atoms with Crippen LogP contribution < -0.4 is 5.73 Å². The number of carbonyl (C=O) groups is 1. The Kier molecular flexibility index (Phi) is 3.87. The van der Waals surface area contributed by atoms with Crippen LogP contribution in [0.25, 0.3) is 0 Å². The van der Waals surface area contributed by atoms with Crippen molar-refractivity contribution in [1.29, 1.82) is 0 Å². The average molecular weight is 320 g/mol. The number of amides is 1. The highest BCUT2D eigenvalue weighted by Gasteiger charge is 2.47. The van der Waals surface area contributed by atoms with Gasteiger partial charge in [0.15, 0.2) is 0 Å². The molecule has 1 aliphatic heterocycles. The highest BCUT2D eigenvalue weighted by atomic mass is 19.1. The van der Waals surface area contributed by atoms with Gasteiger partial charge in [0.1, 0.15) is 11.4 Å². The lowest BCUT2D eigenvalue weighted by Crippen LogP contribution is -2.47. The number of halogens is 1. The zero-order chi connectivity index (χ0) is 16.8. The van der Waals surface area contributed by atoms with Gasteiger partial charge in [0.25, 0.3) is 0 Å². The van der Waals surface area contributed by atoms with Crippen LogP contribution in [0.1, 0.15) is 50.8 Å². The molecule has 5 heteroatoms. The third-order valence-electron chi connectivity index (χ3n) is 5.09. The molecule has 1 aliphatic carbocycles. The van der Waals surface area contributed by atoms with Crippen LogP contribution in [0.15, 0.2) is 18.2 Å². The first kappa shape index (κ1) is 16.2. The summed E-state index contributed by atoms with van der Waals surface area (Å²) in [5.41, 5.74) is 7.50. The molecule has 1 spiro atoms. The van der Waals surface area contributed by atoms with Crippen LogP contribution in [0.2, 0.25) is 0 Å². The number of likely N-dealkylation sites (tertiary alicyclic amines) is 1. The summed E-state index contributed by atoms with van der Waals surface area (Å²) in [5.74, 6) is -0.163. The number of piperidine rings is 1. The third kappa shape index (κ3) is 2.94. The van der Waals surface area contributed by atoms with Gasteiger partial charge in [0, 0.05) is 19.1 Å². The number of ether oxygens (including phenoxy) is 1. The molecule has 0 unspecified atom stereocenters. The molecule has 4 nitrogen and oxygen atoms in total. The van der Waals surface area contributed by atoms with Gasteiger partial charge >= 0.3 is 6.09 Å². The third-order valence-corrected chi connectivity index (χ3v) is 5.09. The predicted octanol–water partition coefficient (Wildman–Crippen LogP) is 3.40. The van der Waals surface area contributed by atoms with Crippen molar-refractivity contribution in [3.63, 3.8) is 0 Å². The van der Waals surface area contributed by atoms with Gasteiger partial charge in [-0.2, -0.15) is 0 Å². The van der Waals surface area contributed by atoms with Crippen molar-refractivity contribution in [2.24, 2.45) is 11.1 Å². The molecule has 0 saturated carbocycles. The molecule has 1 aromatic rings. The van der Waals surface area contributed by atoms with Crippen molar-refractivity contribution in [3.8, 4) is 0 Å². The summed E-state index contributed by atoms with van der Waals surface area (Å²) in [5, 5.41) is 0. The van der Waals surface area contributed by atoms with E-state index in [0.717, 1.165) is 24.0 Å². The molecule has 2 N–H and O–H groups in total. The van der Waals surface area contributed by atoms with Crippen molar-refractivity contribution >= 4 is 6.09 Å². The maximum absolute atomic E-state index is 14.1. The van der Waals surface area contributed by atoms with Crippen LogP contribution in [0, 0.1) is 11.2 Å². The van der Waals surface area contributed by atoms with E-state index in [2.05, 4.69) is 0 Å². The first-order valence-electron chi connectivity index (χ1n) is 8.23. The Labute approximate surface area is 136 Å². The smallest absolute Gasteiger partial charge is 0.410 e. The fourth-order valence-electron chi connectivity index (χ4n) is 3.79. The van der Waals surface area contributed by atoms with Crippen molar-refractivity contribution in [3.05, 3.63) is 35.1 Å². The minimum Gasteiger partial charge on any atom is -0.444 e. The average Bonchev–Trinajstić information content (AvgIpc) is 2.73. The SMILES string of the molecule is CC(C)(C)OC(=O)N1CCC2(CC1)Cc1c(F)cccc1[C@@H]2N. The normalized spacial score (nSPS) is 23.0. The highest BCUT2D eigenvalue weighted by molar-refractivity contribution is 5.68. The highest BCUT2D eigenvalue weighted by Crippen LogP contribution is 2.51. The second kappa shape index (κ2) is 5.48. The van der Waals surface area contributed by atoms with E-state index in [9.17, 15) is 9.18 Å². The van der Waals surface area contributed by atoms with Gasteiger partial charge < -0.3 is 15.4 Å². The van der Waals surface area contributed by atoms with Gasteiger partial charge in [0.2, 0.25) is 0 Å². The number of hydrogen-bond acceptors (Lipinski definition) is 3.